The first-order valence-electron chi connectivity index (χ1n) is 6.54. The molecular formula is C13H17ClN2O4S. The number of ether oxygens (including phenoxy) is 1. The van der Waals surface area contributed by atoms with Crippen molar-refractivity contribution < 1.29 is 19.4 Å². The van der Waals surface area contributed by atoms with E-state index in [4.69, 9.17) is 16.3 Å². The molecule has 0 radical (unpaired) electrons. The maximum Gasteiger partial charge on any atom is 0.411 e. The Bertz CT molecular complexity index is 551. The monoisotopic (exact) mass is 332 g/mol. The zero-order chi connectivity index (χ0) is 15.8. The van der Waals surface area contributed by atoms with Gasteiger partial charge < -0.3 is 9.84 Å². The van der Waals surface area contributed by atoms with Crippen molar-refractivity contribution in [3.8, 4) is 0 Å². The normalized spacial score (nSPS) is 16.4. The highest BCUT2D eigenvalue weighted by Gasteiger charge is 2.44. The van der Waals surface area contributed by atoms with Crippen LogP contribution in [0.1, 0.15) is 44.7 Å². The third-order valence-corrected chi connectivity index (χ3v) is 3.95. The average molecular weight is 333 g/mol. The van der Waals surface area contributed by atoms with Crippen LogP contribution in [-0.2, 0) is 9.53 Å². The fourth-order valence-electron chi connectivity index (χ4n) is 1.87. The fourth-order valence-corrected chi connectivity index (χ4v) is 2.89. The van der Waals surface area contributed by atoms with E-state index < -0.39 is 23.7 Å². The predicted octanol–water partition coefficient (Wildman–Crippen LogP) is 3.32. The van der Waals surface area contributed by atoms with Crippen LogP contribution in [0.2, 0.25) is 4.34 Å². The number of hydrogen-bond donors (Lipinski definition) is 1. The van der Waals surface area contributed by atoms with Crippen LogP contribution in [0.15, 0.2) is 6.20 Å². The van der Waals surface area contributed by atoms with E-state index >= 15 is 0 Å². The van der Waals surface area contributed by atoms with E-state index in [1.54, 1.807) is 20.8 Å². The number of carboxylic acids is 1. The number of carbonyl (C=O) groups excluding carboxylic acids is 1. The van der Waals surface area contributed by atoms with Crippen molar-refractivity contribution in [2.75, 3.05) is 0 Å². The lowest BCUT2D eigenvalue weighted by Crippen LogP contribution is -2.43. The number of nitrogens with zero attached hydrogens (tertiary/aromatic N) is 2. The summed E-state index contributed by atoms with van der Waals surface area (Å²) in [6.07, 6.45) is 2.28. The van der Waals surface area contributed by atoms with E-state index in [2.05, 4.69) is 4.98 Å². The van der Waals surface area contributed by atoms with Crippen molar-refractivity contribution in [2.24, 2.45) is 0 Å². The SMILES string of the molecule is CC(C)(C)OC(=O)N(C1CC1)C(C(=O)O)c1ncc(Cl)s1. The van der Waals surface area contributed by atoms with Crippen LogP contribution >= 0.6 is 22.9 Å². The largest absolute Gasteiger partial charge is 0.479 e. The minimum absolute atomic E-state index is 0.122. The molecule has 0 aromatic carbocycles. The first kappa shape index (κ1) is 16.0. The Hall–Kier alpha value is -1.34. The molecule has 0 bridgehead atoms. The molecule has 1 unspecified atom stereocenters. The molecule has 1 aliphatic carbocycles. The van der Waals surface area contributed by atoms with Crippen molar-refractivity contribution >= 4 is 35.0 Å². The van der Waals surface area contributed by atoms with Gasteiger partial charge in [-0.05, 0) is 33.6 Å². The molecule has 1 N–H and O–H groups in total. The van der Waals surface area contributed by atoms with Crippen LogP contribution in [0.3, 0.4) is 0 Å². The van der Waals surface area contributed by atoms with Gasteiger partial charge in [0.25, 0.3) is 0 Å². The highest BCUT2D eigenvalue weighted by atomic mass is 35.5. The molecule has 1 atom stereocenters. The van der Waals surface area contributed by atoms with Gasteiger partial charge in [-0.2, -0.15) is 0 Å². The summed E-state index contributed by atoms with van der Waals surface area (Å²) in [6, 6.07) is -1.28. The lowest BCUT2D eigenvalue weighted by molar-refractivity contribution is -0.143. The molecule has 1 heterocycles. The molecule has 1 aromatic heterocycles. The van der Waals surface area contributed by atoms with Crippen LogP contribution in [0, 0.1) is 0 Å². The van der Waals surface area contributed by atoms with Gasteiger partial charge in [-0.15, -0.1) is 11.3 Å². The van der Waals surface area contributed by atoms with E-state index in [1.807, 2.05) is 0 Å². The first-order valence-corrected chi connectivity index (χ1v) is 7.74. The van der Waals surface area contributed by atoms with E-state index in [0.717, 1.165) is 24.2 Å². The third-order valence-electron chi connectivity index (χ3n) is 2.79. The Morgan fingerprint density at radius 1 is 1.52 bits per heavy atom. The van der Waals surface area contributed by atoms with E-state index in [-0.39, 0.29) is 11.0 Å². The summed E-state index contributed by atoms with van der Waals surface area (Å²) in [5.41, 5.74) is -0.687. The van der Waals surface area contributed by atoms with Gasteiger partial charge in [-0.25, -0.2) is 14.6 Å². The minimum Gasteiger partial charge on any atom is -0.479 e. The Morgan fingerprint density at radius 3 is 2.52 bits per heavy atom. The fraction of sp³-hybridized carbons (Fsp3) is 0.615. The quantitative estimate of drug-likeness (QED) is 0.914. The number of carbonyl (C=O) groups is 2. The number of hydrogen-bond acceptors (Lipinski definition) is 5. The summed E-state index contributed by atoms with van der Waals surface area (Å²) in [5.74, 6) is -1.14. The smallest absolute Gasteiger partial charge is 0.411 e. The number of aliphatic carboxylic acids is 1. The van der Waals surface area contributed by atoms with Gasteiger partial charge in [0.05, 0.1) is 6.20 Å². The number of carboxylic acid groups (broad SMARTS) is 1. The molecule has 0 saturated heterocycles. The molecule has 0 spiro atoms. The predicted molar refractivity (Wildman–Crippen MR) is 78.6 cm³/mol. The van der Waals surface area contributed by atoms with Gasteiger partial charge in [-0.3, -0.25) is 4.90 Å². The summed E-state index contributed by atoms with van der Waals surface area (Å²) in [5, 5.41) is 9.79. The molecule has 2 rings (SSSR count). The number of aromatic nitrogens is 1. The number of rotatable bonds is 4. The zero-order valence-electron chi connectivity index (χ0n) is 12.0. The molecule has 1 aliphatic rings. The molecule has 1 saturated carbocycles. The molecule has 21 heavy (non-hydrogen) atoms. The van der Waals surface area contributed by atoms with Crippen molar-refractivity contribution in [2.45, 2.75) is 51.3 Å². The van der Waals surface area contributed by atoms with Crippen LogP contribution < -0.4 is 0 Å². The Morgan fingerprint density at radius 2 is 2.14 bits per heavy atom. The second-order valence-electron chi connectivity index (χ2n) is 5.86. The molecule has 1 amide bonds. The number of amides is 1. The first-order chi connectivity index (χ1) is 9.69. The third kappa shape index (κ3) is 4.07. The summed E-state index contributed by atoms with van der Waals surface area (Å²) in [6.45, 7) is 5.23. The van der Waals surface area contributed by atoms with Gasteiger partial charge in [0.2, 0.25) is 0 Å². The lowest BCUT2D eigenvalue weighted by Gasteiger charge is -2.30. The molecule has 1 fully saturated rings. The van der Waals surface area contributed by atoms with E-state index in [0.29, 0.717) is 4.34 Å². The van der Waals surface area contributed by atoms with Crippen LogP contribution in [0.5, 0.6) is 0 Å². The summed E-state index contributed by atoms with van der Waals surface area (Å²) < 4.78 is 5.71. The van der Waals surface area contributed by atoms with Crippen molar-refractivity contribution in [1.29, 1.82) is 0 Å². The van der Waals surface area contributed by atoms with Crippen molar-refractivity contribution in [1.82, 2.24) is 9.88 Å². The van der Waals surface area contributed by atoms with E-state index in [9.17, 15) is 14.7 Å². The lowest BCUT2D eigenvalue weighted by atomic mass is 10.2. The molecular weight excluding hydrogens is 316 g/mol. The maximum absolute atomic E-state index is 12.4. The standard InChI is InChI=1S/C13H17ClN2O4S/c1-13(2,3)20-12(19)16(7-4-5-7)9(11(17)18)10-15-6-8(14)21-10/h6-7,9H,4-5H2,1-3H3,(H,17,18). The second-order valence-corrected chi connectivity index (χ2v) is 7.56. The Kier molecular flexibility index (Phi) is 4.43. The highest BCUT2D eigenvalue weighted by molar-refractivity contribution is 7.16. The molecule has 116 valence electrons. The number of thiazole rings is 1. The molecule has 8 heteroatoms. The topological polar surface area (TPSA) is 79.7 Å². The summed E-state index contributed by atoms with van der Waals surface area (Å²) in [7, 11) is 0. The summed E-state index contributed by atoms with van der Waals surface area (Å²) >= 11 is 6.88. The van der Waals surface area contributed by atoms with Crippen LogP contribution in [-0.4, -0.2) is 38.7 Å². The van der Waals surface area contributed by atoms with E-state index in [1.165, 1.54) is 11.1 Å². The van der Waals surface area contributed by atoms with Gasteiger partial charge in [0.1, 0.15) is 14.9 Å². The molecule has 0 aliphatic heterocycles. The van der Waals surface area contributed by atoms with Gasteiger partial charge in [0, 0.05) is 6.04 Å². The van der Waals surface area contributed by atoms with Gasteiger partial charge in [0.15, 0.2) is 6.04 Å². The van der Waals surface area contributed by atoms with Crippen molar-refractivity contribution in [3.63, 3.8) is 0 Å². The van der Waals surface area contributed by atoms with Crippen LogP contribution in [0.4, 0.5) is 4.79 Å². The number of halogens is 1. The van der Waals surface area contributed by atoms with Gasteiger partial charge in [-0.1, -0.05) is 11.6 Å². The average Bonchev–Trinajstić information content (AvgIpc) is 3.05. The van der Waals surface area contributed by atoms with Crippen molar-refractivity contribution in [3.05, 3.63) is 15.5 Å². The molecule has 1 aromatic rings. The minimum atomic E-state index is -1.16. The highest BCUT2D eigenvalue weighted by Crippen LogP contribution is 2.37. The molecule has 6 nitrogen and oxygen atoms in total. The second kappa shape index (κ2) is 5.81. The zero-order valence-corrected chi connectivity index (χ0v) is 13.6. The summed E-state index contributed by atoms with van der Waals surface area (Å²) in [4.78, 5) is 29.2. The van der Waals surface area contributed by atoms with Crippen LogP contribution in [0.25, 0.3) is 0 Å². The maximum atomic E-state index is 12.4. The Labute approximate surface area is 131 Å². The Balaban J connectivity index is 2.30. The van der Waals surface area contributed by atoms with Gasteiger partial charge >= 0.3 is 12.1 Å².